The number of likely N-dealkylation sites (N-methyl/N-ethyl adjacent to an activating group) is 1. The van der Waals surface area contributed by atoms with E-state index in [1.807, 2.05) is 18.7 Å². The summed E-state index contributed by atoms with van der Waals surface area (Å²) in [5, 5.41) is 0. The Balaban J connectivity index is 1.70. The SMILES string of the molecule is Cc1cc(CN(C[C@H]2CN(C)CCO2)C(=O)CN2CCCC2=O)c(C)[nH]1. The summed E-state index contributed by atoms with van der Waals surface area (Å²) in [6.45, 7) is 8.42. The highest BCUT2D eigenvalue weighted by Crippen LogP contribution is 2.16. The summed E-state index contributed by atoms with van der Waals surface area (Å²) in [6, 6.07) is 2.09. The Morgan fingerprint density at radius 1 is 1.38 bits per heavy atom. The van der Waals surface area contributed by atoms with E-state index in [-0.39, 0.29) is 24.5 Å². The van der Waals surface area contributed by atoms with Crippen LogP contribution in [0.2, 0.25) is 0 Å². The Hall–Kier alpha value is -1.86. The van der Waals surface area contributed by atoms with Crippen LogP contribution in [0.25, 0.3) is 0 Å². The molecule has 2 aliphatic rings. The zero-order valence-corrected chi connectivity index (χ0v) is 16.1. The third-order valence-corrected chi connectivity index (χ3v) is 5.23. The van der Waals surface area contributed by atoms with E-state index in [2.05, 4.69) is 23.0 Å². The lowest BCUT2D eigenvalue weighted by atomic mass is 10.2. The molecule has 1 aromatic rings. The van der Waals surface area contributed by atoms with Crippen LogP contribution in [-0.4, -0.2) is 84.0 Å². The minimum absolute atomic E-state index is 0.00432. The number of amides is 2. The fourth-order valence-electron chi connectivity index (χ4n) is 3.76. The lowest BCUT2D eigenvalue weighted by Crippen LogP contribution is -2.49. The summed E-state index contributed by atoms with van der Waals surface area (Å²) in [5.41, 5.74) is 3.29. The molecular formula is C19H30N4O3. The highest BCUT2D eigenvalue weighted by atomic mass is 16.5. The molecule has 7 nitrogen and oxygen atoms in total. The molecule has 0 unspecified atom stereocenters. The van der Waals surface area contributed by atoms with Crippen molar-refractivity contribution >= 4 is 11.8 Å². The number of aromatic amines is 1. The van der Waals surface area contributed by atoms with Gasteiger partial charge in [-0.1, -0.05) is 0 Å². The van der Waals surface area contributed by atoms with Crippen molar-refractivity contribution in [3.8, 4) is 0 Å². The first-order valence-corrected chi connectivity index (χ1v) is 9.43. The number of rotatable bonds is 6. The fraction of sp³-hybridized carbons (Fsp3) is 0.684. The van der Waals surface area contributed by atoms with Crippen molar-refractivity contribution in [1.82, 2.24) is 19.7 Å². The molecule has 0 radical (unpaired) electrons. The first-order valence-electron chi connectivity index (χ1n) is 9.43. The van der Waals surface area contributed by atoms with Gasteiger partial charge in [0.2, 0.25) is 11.8 Å². The molecule has 1 aromatic heterocycles. The number of likely N-dealkylation sites (tertiary alicyclic amines) is 1. The Morgan fingerprint density at radius 2 is 2.19 bits per heavy atom. The molecule has 3 rings (SSSR count). The van der Waals surface area contributed by atoms with Gasteiger partial charge in [0.15, 0.2) is 0 Å². The monoisotopic (exact) mass is 362 g/mol. The average molecular weight is 362 g/mol. The van der Waals surface area contributed by atoms with Gasteiger partial charge in [0.25, 0.3) is 0 Å². The standard InChI is InChI=1S/C19H30N4O3/c1-14-9-16(15(2)20-14)10-23(12-17-11-21(3)7-8-26-17)19(25)13-22-6-4-5-18(22)24/h9,17,20H,4-8,10-13H2,1-3H3/t17-/m1/s1. The Kier molecular flexibility index (Phi) is 5.98. The number of aromatic nitrogens is 1. The zero-order chi connectivity index (χ0) is 18.7. The molecular weight excluding hydrogens is 332 g/mol. The van der Waals surface area contributed by atoms with Crippen LogP contribution >= 0.6 is 0 Å². The Labute approximate surface area is 155 Å². The van der Waals surface area contributed by atoms with Crippen LogP contribution in [0.3, 0.4) is 0 Å². The second-order valence-electron chi connectivity index (χ2n) is 7.55. The van der Waals surface area contributed by atoms with Crippen molar-refractivity contribution in [1.29, 1.82) is 0 Å². The molecule has 0 aliphatic carbocycles. The number of hydrogen-bond acceptors (Lipinski definition) is 4. The molecule has 2 fully saturated rings. The second-order valence-corrected chi connectivity index (χ2v) is 7.55. The van der Waals surface area contributed by atoms with E-state index in [9.17, 15) is 9.59 Å². The maximum Gasteiger partial charge on any atom is 0.242 e. The quantitative estimate of drug-likeness (QED) is 0.817. The molecule has 0 spiro atoms. The maximum atomic E-state index is 13.0. The average Bonchev–Trinajstić information content (AvgIpc) is 3.12. The predicted molar refractivity (Wildman–Crippen MR) is 98.7 cm³/mol. The Morgan fingerprint density at radius 3 is 2.81 bits per heavy atom. The minimum atomic E-state index is -0.00432. The number of H-pyrrole nitrogens is 1. The number of ether oxygens (including phenoxy) is 1. The summed E-state index contributed by atoms with van der Waals surface area (Å²) in [6.07, 6.45) is 1.41. The predicted octanol–water partition coefficient (Wildman–Crippen LogP) is 0.913. The van der Waals surface area contributed by atoms with Crippen LogP contribution in [0, 0.1) is 13.8 Å². The summed E-state index contributed by atoms with van der Waals surface area (Å²) in [4.78, 5) is 33.9. The second kappa shape index (κ2) is 8.22. The largest absolute Gasteiger partial charge is 0.374 e. The van der Waals surface area contributed by atoms with Gasteiger partial charge in [-0.2, -0.15) is 0 Å². The number of nitrogens with one attached hydrogen (secondary N) is 1. The van der Waals surface area contributed by atoms with Crippen LogP contribution in [0.4, 0.5) is 0 Å². The number of aryl methyl sites for hydroxylation is 2. The van der Waals surface area contributed by atoms with Crippen LogP contribution in [0.5, 0.6) is 0 Å². The van der Waals surface area contributed by atoms with E-state index in [0.29, 0.717) is 32.7 Å². The van der Waals surface area contributed by atoms with E-state index < -0.39 is 0 Å². The molecule has 1 atom stereocenters. The van der Waals surface area contributed by atoms with Gasteiger partial charge in [-0.15, -0.1) is 0 Å². The first kappa shape index (κ1) is 18.9. The van der Waals surface area contributed by atoms with E-state index in [1.165, 1.54) is 0 Å². The molecule has 26 heavy (non-hydrogen) atoms. The van der Waals surface area contributed by atoms with Crippen molar-refractivity contribution in [3.05, 3.63) is 23.0 Å². The summed E-state index contributed by atoms with van der Waals surface area (Å²) >= 11 is 0. The van der Waals surface area contributed by atoms with Gasteiger partial charge < -0.3 is 24.4 Å². The number of morpholine rings is 1. The highest BCUT2D eigenvalue weighted by molar-refractivity contribution is 5.85. The molecule has 144 valence electrons. The number of carbonyl (C=O) groups is 2. The van der Waals surface area contributed by atoms with Crippen molar-refractivity contribution in [3.63, 3.8) is 0 Å². The summed E-state index contributed by atoms with van der Waals surface area (Å²) < 4.78 is 5.87. The lowest BCUT2D eigenvalue weighted by Gasteiger charge is -2.34. The van der Waals surface area contributed by atoms with E-state index in [1.54, 1.807) is 4.90 Å². The smallest absolute Gasteiger partial charge is 0.242 e. The third kappa shape index (κ3) is 4.65. The third-order valence-electron chi connectivity index (χ3n) is 5.23. The molecule has 2 aliphatic heterocycles. The van der Waals surface area contributed by atoms with Crippen molar-refractivity contribution in [2.45, 2.75) is 39.3 Å². The highest BCUT2D eigenvalue weighted by Gasteiger charge is 2.28. The van der Waals surface area contributed by atoms with Gasteiger partial charge in [0.1, 0.15) is 0 Å². The fourth-order valence-corrected chi connectivity index (χ4v) is 3.76. The normalized spacial score (nSPS) is 21.4. The van der Waals surface area contributed by atoms with Crippen molar-refractivity contribution in [2.24, 2.45) is 0 Å². The van der Waals surface area contributed by atoms with Gasteiger partial charge in [-0.05, 0) is 38.9 Å². The minimum Gasteiger partial charge on any atom is -0.374 e. The zero-order valence-electron chi connectivity index (χ0n) is 16.1. The molecule has 1 N–H and O–H groups in total. The first-order chi connectivity index (χ1) is 12.4. The lowest BCUT2D eigenvalue weighted by molar-refractivity contribution is -0.141. The summed E-state index contributed by atoms with van der Waals surface area (Å²) in [5.74, 6) is 0.0796. The molecule has 0 bridgehead atoms. The number of carbonyl (C=O) groups excluding carboxylic acids is 2. The van der Waals surface area contributed by atoms with Gasteiger partial charge in [0, 0.05) is 50.5 Å². The van der Waals surface area contributed by atoms with Crippen LogP contribution < -0.4 is 0 Å². The van der Waals surface area contributed by atoms with Crippen molar-refractivity contribution < 1.29 is 14.3 Å². The van der Waals surface area contributed by atoms with Gasteiger partial charge in [-0.25, -0.2) is 0 Å². The van der Waals surface area contributed by atoms with Gasteiger partial charge in [-0.3, -0.25) is 9.59 Å². The van der Waals surface area contributed by atoms with Crippen LogP contribution in [-0.2, 0) is 20.9 Å². The maximum absolute atomic E-state index is 13.0. The molecule has 2 amide bonds. The topological polar surface area (TPSA) is 68.9 Å². The van der Waals surface area contributed by atoms with E-state index in [4.69, 9.17) is 4.74 Å². The van der Waals surface area contributed by atoms with Gasteiger partial charge >= 0.3 is 0 Å². The summed E-state index contributed by atoms with van der Waals surface area (Å²) in [7, 11) is 2.07. The molecule has 7 heteroatoms. The van der Waals surface area contributed by atoms with Crippen LogP contribution in [0.15, 0.2) is 6.07 Å². The molecule has 2 saturated heterocycles. The number of nitrogens with zero attached hydrogens (tertiary/aromatic N) is 3. The van der Waals surface area contributed by atoms with Gasteiger partial charge in [0.05, 0.1) is 19.3 Å². The number of hydrogen-bond donors (Lipinski definition) is 1. The Bertz CT molecular complexity index is 657. The van der Waals surface area contributed by atoms with Crippen LogP contribution in [0.1, 0.15) is 29.8 Å². The molecule has 3 heterocycles. The van der Waals surface area contributed by atoms with E-state index in [0.717, 1.165) is 36.5 Å². The molecule has 0 aromatic carbocycles. The van der Waals surface area contributed by atoms with Crippen molar-refractivity contribution in [2.75, 3.05) is 46.4 Å². The molecule has 0 saturated carbocycles. The van der Waals surface area contributed by atoms with E-state index >= 15 is 0 Å².